The number of hydrogen-bond donors (Lipinski definition) is 1. The highest BCUT2D eigenvalue weighted by Gasteiger charge is 2.45. The van der Waals surface area contributed by atoms with E-state index in [0.717, 1.165) is 25.0 Å². The van der Waals surface area contributed by atoms with Gasteiger partial charge >= 0.3 is 0 Å². The van der Waals surface area contributed by atoms with Gasteiger partial charge in [-0.05, 0) is 30.5 Å². The lowest BCUT2D eigenvalue weighted by Gasteiger charge is -2.21. The Morgan fingerprint density at radius 3 is 2.78 bits per heavy atom. The standard InChI is InChI=1S/C18H24N2O3/c1-2-3-14-4-6-15(7-5-14)23-11-17(22)20-9-8-18(13-20)10-16(21)19-12-18/h4-7H,2-3,8-13H2,1H3,(H,19,21). The number of nitrogens with one attached hydrogen (secondary N) is 1. The van der Waals surface area contributed by atoms with Crippen molar-refractivity contribution in [3.63, 3.8) is 0 Å². The second-order valence-corrected chi connectivity index (χ2v) is 6.70. The molecule has 2 fully saturated rings. The first-order chi connectivity index (χ1) is 11.1. The maximum absolute atomic E-state index is 12.3. The third-order valence-corrected chi connectivity index (χ3v) is 4.81. The average molecular weight is 316 g/mol. The second kappa shape index (κ2) is 6.60. The first kappa shape index (κ1) is 15.8. The minimum Gasteiger partial charge on any atom is -0.484 e. The molecule has 2 heterocycles. The quantitative estimate of drug-likeness (QED) is 0.900. The highest BCUT2D eigenvalue weighted by Crippen LogP contribution is 2.36. The van der Waals surface area contributed by atoms with Crippen LogP contribution in [0, 0.1) is 5.41 Å². The fourth-order valence-corrected chi connectivity index (χ4v) is 3.47. The van der Waals surface area contributed by atoms with Crippen molar-refractivity contribution in [2.45, 2.75) is 32.6 Å². The minimum atomic E-state index is -0.0471. The number of carbonyl (C=O) groups excluding carboxylic acids is 2. The van der Waals surface area contributed by atoms with E-state index in [-0.39, 0.29) is 23.8 Å². The lowest BCUT2D eigenvalue weighted by Crippen LogP contribution is -2.36. The van der Waals surface area contributed by atoms with Crippen LogP contribution < -0.4 is 10.1 Å². The van der Waals surface area contributed by atoms with Gasteiger partial charge in [0.15, 0.2) is 6.61 Å². The predicted molar refractivity (Wildman–Crippen MR) is 87.2 cm³/mol. The van der Waals surface area contributed by atoms with Crippen molar-refractivity contribution in [2.24, 2.45) is 5.41 Å². The van der Waals surface area contributed by atoms with Gasteiger partial charge in [-0.3, -0.25) is 9.59 Å². The second-order valence-electron chi connectivity index (χ2n) is 6.70. The van der Waals surface area contributed by atoms with Gasteiger partial charge < -0.3 is 15.0 Å². The summed E-state index contributed by atoms with van der Waals surface area (Å²) in [5.74, 6) is 0.825. The monoisotopic (exact) mass is 316 g/mol. The van der Waals surface area contributed by atoms with Gasteiger partial charge in [0.05, 0.1) is 0 Å². The van der Waals surface area contributed by atoms with E-state index in [9.17, 15) is 9.59 Å². The molecule has 2 saturated heterocycles. The zero-order chi connectivity index (χ0) is 16.3. The molecule has 1 N–H and O–H groups in total. The van der Waals surface area contributed by atoms with Crippen LogP contribution in [-0.2, 0) is 16.0 Å². The van der Waals surface area contributed by atoms with Gasteiger partial charge in [-0.15, -0.1) is 0 Å². The minimum absolute atomic E-state index is 0.00106. The van der Waals surface area contributed by atoms with Crippen molar-refractivity contribution in [3.05, 3.63) is 29.8 Å². The Bertz CT molecular complexity index is 584. The van der Waals surface area contributed by atoms with Crippen molar-refractivity contribution >= 4 is 11.8 Å². The van der Waals surface area contributed by atoms with E-state index >= 15 is 0 Å². The van der Waals surface area contributed by atoms with Gasteiger partial charge in [0.2, 0.25) is 5.91 Å². The molecule has 23 heavy (non-hydrogen) atoms. The molecule has 0 aromatic heterocycles. The third kappa shape index (κ3) is 3.66. The summed E-state index contributed by atoms with van der Waals surface area (Å²) in [6, 6.07) is 7.93. The third-order valence-electron chi connectivity index (χ3n) is 4.81. The Balaban J connectivity index is 1.49. The Labute approximate surface area is 137 Å². The molecule has 2 amide bonds. The van der Waals surface area contributed by atoms with Crippen LogP contribution in [0.25, 0.3) is 0 Å². The smallest absolute Gasteiger partial charge is 0.260 e. The van der Waals surface area contributed by atoms with Gasteiger partial charge in [-0.25, -0.2) is 0 Å². The van der Waals surface area contributed by atoms with E-state index in [2.05, 4.69) is 12.2 Å². The molecule has 1 aromatic rings. The fraction of sp³-hybridized carbons (Fsp3) is 0.556. The van der Waals surface area contributed by atoms with Crippen LogP contribution in [0.15, 0.2) is 24.3 Å². The Hall–Kier alpha value is -2.04. The molecule has 1 spiro atoms. The number of ether oxygens (including phenoxy) is 1. The molecule has 0 saturated carbocycles. The molecule has 1 aromatic carbocycles. The Kier molecular flexibility index (Phi) is 4.55. The summed E-state index contributed by atoms with van der Waals surface area (Å²) < 4.78 is 5.61. The van der Waals surface area contributed by atoms with Crippen LogP contribution in [-0.4, -0.2) is 43.0 Å². The molecule has 3 rings (SSSR count). The van der Waals surface area contributed by atoms with Crippen molar-refractivity contribution in [3.8, 4) is 5.75 Å². The van der Waals surface area contributed by atoms with Gasteiger partial charge in [0.1, 0.15) is 5.75 Å². The van der Waals surface area contributed by atoms with E-state index in [1.165, 1.54) is 5.56 Å². The van der Waals surface area contributed by atoms with Crippen molar-refractivity contribution in [2.75, 3.05) is 26.2 Å². The molecule has 0 aliphatic carbocycles. The van der Waals surface area contributed by atoms with Gasteiger partial charge in [-0.1, -0.05) is 25.5 Å². The largest absolute Gasteiger partial charge is 0.484 e. The number of rotatable bonds is 5. The molecule has 5 heteroatoms. The van der Waals surface area contributed by atoms with E-state index in [1.54, 1.807) is 0 Å². The number of benzene rings is 1. The highest BCUT2D eigenvalue weighted by molar-refractivity contribution is 5.81. The fourth-order valence-electron chi connectivity index (χ4n) is 3.47. The number of hydrogen-bond acceptors (Lipinski definition) is 3. The average Bonchev–Trinajstić information content (AvgIpc) is 3.13. The molecule has 5 nitrogen and oxygen atoms in total. The molecular weight excluding hydrogens is 292 g/mol. The summed E-state index contributed by atoms with van der Waals surface area (Å²) in [5.41, 5.74) is 1.24. The van der Waals surface area contributed by atoms with Crippen molar-refractivity contribution < 1.29 is 14.3 Å². The Morgan fingerprint density at radius 2 is 2.13 bits per heavy atom. The van der Waals surface area contributed by atoms with Crippen molar-refractivity contribution in [1.82, 2.24) is 10.2 Å². The van der Waals surface area contributed by atoms with Gasteiger partial charge in [0.25, 0.3) is 5.91 Å². The molecular formula is C18H24N2O3. The summed E-state index contributed by atoms with van der Waals surface area (Å²) in [5, 5.41) is 2.88. The molecule has 2 aliphatic rings. The molecule has 2 aliphatic heterocycles. The van der Waals surface area contributed by atoms with Crippen LogP contribution in [0.4, 0.5) is 0 Å². The van der Waals surface area contributed by atoms with E-state index in [4.69, 9.17) is 4.74 Å². The SMILES string of the molecule is CCCc1ccc(OCC(=O)N2CCC3(CNC(=O)C3)C2)cc1. The summed E-state index contributed by atoms with van der Waals surface area (Å²) in [6.07, 6.45) is 3.61. The summed E-state index contributed by atoms with van der Waals surface area (Å²) in [7, 11) is 0. The van der Waals surface area contributed by atoms with Crippen LogP contribution in [0.5, 0.6) is 5.75 Å². The maximum Gasteiger partial charge on any atom is 0.260 e. The number of amides is 2. The van der Waals surface area contributed by atoms with Crippen molar-refractivity contribution in [1.29, 1.82) is 0 Å². The first-order valence-electron chi connectivity index (χ1n) is 8.36. The number of nitrogens with zero attached hydrogens (tertiary/aromatic N) is 1. The van der Waals surface area contributed by atoms with Gasteiger partial charge in [-0.2, -0.15) is 0 Å². The molecule has 1 atom stereocenters. The number of carbonyl (C=O) groups is 2. The normalized spacial score (nSPS) is 23.3. The summed E-state index contributed by atoms with van der Waals surface area (Å²) in [4.78, 5) is 25.6. The molecule has 1 unspecified atom stereocenters. The van der Waals surface area contributed by atoms with Crippen LogP contribution in [0.1, 0.15) is 31.7 Å². The number of aryl methyl sites for hydroxylation is 1. The lowest BCUT2D eigenvalue weighted by atomic mass is 9.86. The summed E-state index contributed by atoms with van der Waals surface area (Å²) in [6.45, 7) is 4.27. The highest BCUT2D eigenvalue weighted by atomic mass is 16.5. The zero-order valence-electron chi connectivity index (χ0n) is 13.6. The molecule has 124 valence electrons. The molecule has 0 radical (unpaired) electrons. The van der Waals surface area contributed by atoms with Crippen LogP contribution in [0.2, 0.25) is 0 Å². The maximum atomic E-state index is 12.3. The van der Waals surface area contributed by atoms with Gasteiger partial charge in [0, 0.05) is 31.5 Å². The zero-order valence-corrected chi connectivity index (χ0v) is 13.6. The van der Waals surface area contributed by atoms with E-state index in [1.807, 2.05) is 29.2 Å². The predicted octanol–water partition coefficient (Wildman–Crippen LogP) is 1.76. The first-order valence-corrected chi connectivity index (χ1v) is 8.36. The lowest BCUT2D eigenvalue weighted by molar-refractivity contribution is -0.132. The van der Waals surface area contributed by atoms with E-state index < -0.39 is 0 Å². The molecule has 0 bridgehead atoms. The Morgan fingerprint density at radius 1 is 1.35 bits per heavy atom. The number of likely N-dealkylation sites (tertiary alicyclic amines) is 1. The summed E-state index contributed by atoms with van der Waals surface area (Å²) >= 11 is 0. The van der Waals surface area contributed by atoms with Crippen LogP contribution in [0.3, 0.4) is 0 Å². The topological polar surface area (TPSA) is 58.6 Å². The van der Waals surface area contributed by atoms with Crippen LogP contribution >= 0.6 is 0 Å². The van der Waals surface area contributed by atoms with E-state index in [0.29, 0.717) is 26.1 Å².